The molecule has 19 heavy (non-hydrogen) atoms. The molecule has 0 aromatic heterocycles. The molecule has 2 aromatic carbocycles. The zero-order chi connectivity index (χ0) is 13.7. The number of hydrogen-bond acceptors (Lipinski definition) is 3. The summed E-state index contributed by atoms with van der Waals surface area (Å²) in [5.74, 6) is 0.729. The van der Waals surface area contributed by atoms with Crippen LogP contribution in [0.25, 0.3) is 0 Å². The maximum absolute atomic E-state index is 6.11. The number of nitrogen functional groups attached to an aromatic ring is 1. The monoisotopic (exact) mass is 256 g/mol. The van der Waals surface area contributed by atoms with Crippen LogP contribution < -0.4 is 15.8 Å². The molecule has 0 spiro atoms. The smallest absolute Gasteiger partial charge is 0.144 e. The van der Waals surface area contributed by atoms with Gasteiger partial charge in [-0.15, -0.1) is 0 Å². The molecule has 0 heterocycles. The van der Waals surface area contributed by atoms with Gasteiger partial charge in [0.1, 0.15) is 5.75 Å². The third-order valence-corrected chi connectivity index (χ3v) is 3.04. The molecule has 0 bridgehead atoms. The second kappa shape index (κ2) is 6.14. The topological polar surface area (TPSA) is 47.3 Å². The molecule has 0 saturated heterocycles. The Balaban J connectivity index is 2.17. The molecule has 100 valence electrons. The van der Waals surface area contributed by atoms with Crippen molar-refractivity contribution in [1.29, 1.82) is 0 Å². The molecule has 2 rings (SSSR count). The van der Waals surface area contributed by atoms with E-state index in [1.807, 2.05) is 43.3 Å². The van der Waals surface area contributed by atoms with Crippen molar-refractivity contribution >= 4 is 11.4 Å². The summed E-state index contributed by atoms with van der Waals surface area (Å²) in [5.41, 5.74) is 8.90. The second-order valence-electron chi connectivity index (χ2n) is 4.43. The molecule has 1 unspecified atom stereocenters. The summed E-state index contributed by atoms with van der Waals surface area (Å²) in [4.78, 5) is 0. The van der Waals surface area contributed by atoms with E-state index >= 15 is 0 Å². The Labute approximate surface area is 114 Å². The van der Waals surface area contributed by atoms with Gasteiger partial charge in [0.25, 0.3) is 0 Å². The molecule has 0 amide bonds. The van der Waals surface area contributed by atoms with E-state index in [-0.39, 0.29) is 6.04 Å². The van der Waals surface area contributed by atoms with Gasteiger partial charge in [0.15, 0.2) is 0 Å². The van der Waals surface area contributed by atoms with E-state index in [0.717, 1.165) is 11.4 Å². The Morgan fingerprint density at radius 1 is 1.11 bits per heavy atom. The Morgan fingerprint density at radius 3 is 2.53 bits per heavy atom. The van der Waals surface area contributed by atoms with E-state index < -0.39 is 0 Å². The number of anilines is 2. The van der Waals surface area contributed by atoms with Crippen LogP contribution >= 0.6 is 0 Å². The zero-order valence-electron chi connectivity index (χ0n) is 11.4. The van der Waals surface area contributed by atoms with Crippen LogP contribution in [0.2, 0.25) is 0 Å². The molecule has 2 aromatic rings. The average molecular weight is 256 g/mol. The van der Waals surface area contributed by atoms with Gasteiger partial charge in [-0.3, -0.25) is 0 Å². The molecule has 0 radical (unpaired) electrons. The standard InChI is InChI=1S/C16H20N2O/c1-3-19-15-11-7-10-14(16(15)17)18-12(2)13-8-5-4-6-9-13/h4-12,18H,3,17H2,1-2H3. The number of ether oxygens (including phenoxy) is 1. The van der Waals surface area contributed by atoms with Crippen LogP contribution in [0.4, 0.5) is 11.4 Å². The largest absolute Gasteiger partial charge is 0.492 e. The van der Waals surface area contributed by atoms with Gasteiger partial charge in [-0.2, -0.15) is 0 Å². The van der Waals surface area contributed by atoms with Gasteiger partial charge in [-0.25, -0.2) is 0 Å². The van der Waals surface area contributed by atoms with E-state index in [2.05, 4.69) is 24.4 Å². The van der Waals surface area contributed by atoms with Crippen LogP contribution in [0.15, 0.2) is 48.5 Å². The second-order valence-corrected chi connectivity index (χ2v) is 4.43. The Kier molecular flexibility index (Phi) is 4.29. The third-order valence-electron chi connectivity index (χ3n) is 3.04. The lowest BCUT2D eigenvalue weighted by atomic mass is 10.1. The Morgan fingerprint density at radius 2 is 1.84 bits per heavy atom. The number of benzene rings is 2. The van der Waals surface area contributed by atoms with E-state index in [4.69, 9.17) is 10.5 Å². The van der Waals surface area contributed by atoms with Crippen molar-refractivity contribution < 1.29 is 4.74 Å². The van der Waals surface area contributed by atoms with Gasteiger partial charge in [0, 0.05) is 6.04 Å². The highest BCUT2D eigenvalue weighted by Gasteiger charge is 2.09. The fourth-order valence-corrected chi connectivity index (χ4v) is 2.01. The summed E-state index contributed by atoms with van der Waals surface area (Å²) >= 11 is 0. The van der Waals surface area contributed by atoms with Crippen LogP contribution in [0.5, 0.6) is 5.75 Å². The minimum absolute atomic E-state index is 0.195. The predicted octanol–water partition coefficient (Wildman–Crippen LogP) is 3.84. The van der Waals surface area contributed by atoms with Gasteiger partial charge in [0.2, 0.25) is 0 Å². The number of rotatable bonds is 5. The van der Waals surface area contributed by atoms with Crippen molar-refractivity contribution in [3.05, 3.63) is 54.1 Å². The highest BCUT2D eigenvalue weighted by atomic mass is 16.5. The maximum atomic E-state index is 6.11. The Bertz CT molecular complexity index is 526. The fraction of sp³-hybridized carbons (Fsp3) is 0.250. The zero-order valence-corrected chi connectivity index (χ0v) is 11.4. The first-order chi connectivity index (χ1) is 9.22. The van der Waals surface area contributed by atoms with Crippen molar-refractivity contribution in [2.75, 3.05) is 17.7 Å². The molecule has 0 aliphatic rings. The SMILES string of the molecule is CCOc1cccc(NC(C)c2ccccc2)c1N. The highest BCUT2D eigenvalue weighted by molar-refractivity contribution is 5.73. The van der Waals surface area contributed by atoms with E-state index in [9.17, 15) is 0 Å². The molecule has 3 heteroatoms. The summed E-state index contributed by atoms with van der Waals surface area (Å²) in [6.07, 6.45) is 0. The van der Waals surface area contributed by atoms with Crippen molar-refractivity contribution in [3.63, 3.8) is 0 Å². The molecule has 0 saturated carbocycles. The lowest BCUT2D eigenvalue weighted by Crippen LogP contribution is -2.09. The lowest BCUT2D eigenvalue weighted by Gasteiger charge is -2.18. The molecule has 0 fully saturated rings. The molecule has 1 atom stereocenters. The quantitative estimate of drug-likeness (QED) is 0.799. The lowest BCUT2D eigenvalue weighted by molar-refractivity contribution is 0.342. The first-order valence-corrected chi connectivity index (χ1v) is 6.55. The maximum Gasteiger partial charge on any atom is 0.144 e. The molecule has 0 aliphatic carbocycles. The highest BCUT2D eigenvalue weighted by Crippen LogP contribution is 2.31. The first-order valence-electron chi connectivity index (χ1n) is 6.55. The van der Waals surface area contributed by atoms with E-state index in [1.54, 1.807) is 0 Å². The Hall–Kier alpha value is -2.16. The number of para-hydroxylation sites is 1. The van der Waals surface area contributed by atoms with Gasteiger partial charge in [-0.05, 0) is 31.5 Å². The minimum Gasteiger partial charge on any atom is -0.492 e. The summed E-state index contributed by atoms with van der Waals surface area (Å²) in [6, 6.07) is 16.3. The van der Waals surface area contributed by atoms with Crippen LogP contribution in [0.3, 0.4) is 0 Å². The molecular formula is C16H20N2O. The average Bonchev–Trinajstić information content (AvgIpc) is 2.44. The predicted molar refractivity (Wildman–Crippen MR) is 80.5 cm³/mol. The molecule has 3 nitrogen and oxygen atoms in total. The normalized spacial score (nSPS) is 11.9. The van der Waals surface area contributed by atoms with Gasteiger partial charge < -0.3 is 15.8 Å². The van der Waals surface area contributed by atoms with Gasteiger partial charge in [0.05, 0.1) is 18.0 Å². The van der Waals surface area contributed by atoms with Crippen molar-refractivity contribution in [2.24, 2.45) is 0 Å². The summed E-state index contributed by atoms with van der Waals surface area (Å²) < 4.78 is 5.50. The van der Waals surface area contributed by atoms with Gasteiger partial charge in [-0.1, -0.05) is 36.4 Å². The van der Waals surface area contributed by atoms with Crippen LogP contribution in [0.1, 0.15) is 25.5 Å². The van der Waals surface area contributed by atoms with Crippen LogP contribution in [-0.2, 0) is 0 Å². The van der Waals surface area contributed by atoms with Crippen LogP contribution in [0, 0.1) is 0 Å². The fourth-order valence-electron chi connectivity index (χ4n) is 2.01. The number of nitrogens with one attached hydrogen (secondary N) is 1. The summed E-state index contributed by atoms with van der Waals surface area (Å²) in [5, 5.41) is 3.42. The molecule has 0 aliphatic heterocycles. The molecule has 3 N–H and O–H groups in total. The number of nitrogens with two attached hydrogens (primary N) is 1. The van der Waals surface area contributed by atoms with Crippen LogP contribution in [-0.4, -0.2) is 6.61 Å². The number of hydrogen-bond donors (Lipinski definition) is 2. The van der Waals surface area contributed by atoms with E-state index in [1.165, 1.54) is 5.56 Å². The molecular weight excluding hydrogens is 236 g/mol. The minimum atomic E-state index is 0.195. The first kappa shape index (κ1) is 13.3. The van der Waals surface area contributed by atoms with Crippen molar-refractivity contribution in [1.82, 2.24) is 0 Å². The van der Waals surface area contributed by atoms with E-state index in [0.29, 0.717) is 12.3 Å². The van der Waals surface area contributed by atoms with Gasteiger partial charge >= 0.3 is 0 Å². The van der Waals surface area contributed by atoms with Crippen molar-refractivity contribution in [3.8, 4) is 5.75 Å². The van der Waals surface area contributed by atoms with Crippen molar-refractivity contribution in [2.45, 2.75) is 19.9 Å². The third kappa shape index (κ3) is 3.19. The summed E-state index contributed by atoms with van der Waals surface area (Å²) in [6.45, 7) is 4.68. The summed E-state index contributed by atoms with van der Waals surface area (Å²) in [7, 11) is 0.